The smallest absolute Gasteiger partial charge is 0.222 e. The van der Waals surface area contributed by atoms with Crippen molar-refractivity contribution >= 4 is 40.9 Å². The van der Waals surface area contributed by atoms with Gasteiger partial charge in [-0.1, -0.05) is 6.92 Å². The summed E-state index contributed by atoms with van der Waals surface area (Å²) in [6, 6.07) is -1.39. The lowest BCUT2D eigenvalue weighted by Gasteiger charge is -2.22. The average Bonchev–Trinajstić information content (AvgIpc) is 2.73. The molecule has 4 unspecified atom stereocenters. The van der Waals surface area contributed by atoms with Crippen molar-refractivity contribution in [2.24, 2.45) is 5.92 Å². The second-order valence-corrected chi connectivity index (χ2v) is 10.3. The molecule has 38 heavy (non-hydrogen) atoms. The Morgan fingerprint density at radius 1 is 0.553 bits per heavy atom. The van der Waals surface area contributed by atoms with Crippen molar-refractivity contribution in [3.63, 3.8) is 0 Å². The Balaban J connectivity index is 4.84. The Labute approximate surface area is 226 Å². The zero-order valence-electron chi connectivity index (χ0n) is 23.7. The Hall–Kier alpha value is -2.95. The van der Waals surface area contributed by atoms with Crippen LogP contribution in [0.15, 0.2) is 0 Å². The summed E-state index contributed by atoms with van der Waals surface area (Å²) in [5.74, 6) is -1.39. The summed E-state index contributed by atoms with van der Waals surface area (Å²) < 4.78 is 0. The third kappa shape index (κ3) is 19.2. The van der Waals surface area contributed by atoms with Crippen LogP contribution in [0.5, 0.6) is 0 Å². The van der Waals surface area contributed by atoms with Crippen molar-refractivity contribution in [1.82, 2.24) is 21.3 Å². The number of carbonyl (C=O) groups excluding carboxylic acids is 7. The minimum atomic E-state index is -0.697. The van der Waals surface area contributed by atoms with Crippen LogP contribution in [0.2, 0.25) is 0 Å². The maximum atomic E-state index is 12.7. The van der Waals surface area contributed by atoms with Gasteiger partial charge in [-0.25, -0.2) is 0 Å². The molecule has 11 nitrogen and oxygen atoms in total. The SMILES string of the molecule is CNC(CC(C)=O)CC(=O)NCCCC(CC(C)=O)NC(=O)CC(CC(C)=O)NC(=O)CC(C)CC(C)=O. The first-order valence-electron chi connectivity index (χ1n) is 13.2. The van der Waals surface area contributed by atoms with Crippen LogP contribution in [-0.2, 0) is 33.6 Å². The standard InChI is InChI=1S/C27H46N4O7/c1-17(10-18(2)32)11-26(37)31-24(14-21(5)35)16-27(38)30-22(12-19(3)33)8-7-9-29-25(36)15-23(28-6)13-20(4)34/h17,22-24,28H,7-16H2,1-6H3,(H,29,36)(H,30,38)(H,31,37). The van der Waals surface area contributed by atoms with Gasteiger partial charge in [-0.2, -0.15) is 0 Å². The van der Waals surface area contributed by atoms with Gasteiger partial charge in [0.2, 0.25) is 17.7 Å². The van der Waals surface area contributed by atoms with Crippen LogP contribution in [0.25, 0.3) is 0 Å². The number of hydrogen-bond acceptors (Lipinski definition) is 8. The summed E-state index contributed by atoms with van der Waals surface area (Å²) in [7, 11) is 1.69. The lowest BCUT2D eigenvalue weighted by molar-refractivity contribution is -0.126. The van der Waals surface area contributed by atoms with Gasteiger partial charge in [0.15, 0.2) is 0 Å². The average molecular weight is 539 g/mol. The number of rotatable bonds is 21. The fraction of sp³-hybridized carbons (Fsp3) is 0.741. The molecule has 0 heterocycles. The molecule has 216 valence electrons. The number of amides is 3. The van der Waals surface area contributed by atoms with E-state index in [1.165, 1.54) is 27.7 Å². The molecule has 0 fully saturated rings. The molecule has 0 aromatic carbocycles. The highest BCUT2D eigenvalue weighted by Gasteiger charge is 2.22. The van der Waals surface area contributed by atoms with Gasteiger partial charge in [0.25, 0.3) is 0 Å². The summed E-state index contributed by atoms with van der Waals surface area (Å²) in [5, 5.41) is 11.3. The molecule has 0 aromatic rings. The van der Waals surface area contributed by atoms with Crippen LogP contribution < -0.4 is 21.3 Å². The molecule has 0 spiro atoms. The Morgan fingerprint density at radius 3 is 1.53 bits per heavy atom. The zero-order chi connectivity index (χ0) is 29.3. The van der Waals surface area contributed by atoms with E-state index in [4.69, 9.17) is 0 Å². The number of ketones is 4. The van der Waals surface area contributed by atoms with Gasteiger partial charge in [0.05, 0.1) is 0 Å². The highest BCUT2D eigenvalue weighted by molar-refractivity contribution is 5.84. The molecular weight excluding hydrogens is 492 g/mol. The van der Waals surface area contributed by atoms with Gasteiger partial charge < -0.3 is 26.1 Å². The molecule has 0 saturated heterocycles. The van der Waals surface area contributed by atoms with Crippen molar-refractivity contribution in [3.05, 3.63) is 0 Å². The number of carbonyl (C=O) groups is 7. The van der Waals surface area contributed by atoms with E-state index in [2.05, 4.69) is 21.3 Å². The first-order chi connectivity index (χ1) is 17.7. The molecule has 0 aromatic heterocycles. The van der Waals surface area contributed by atoms with Crippen LogP contribution >= 0.6 is 0 Å². The van der Waals surface area contributed by atoms with Gasteiger partial charge in [0, 0.05) is 69.6 Å². The maximum Gasteiger partial charge on any atom is 0.222 e. The van der Waals surface area contributed by atoms with E-state index < -0.39 is 18.0 Å². The number of Topliss-reactive ketones (excluding diaryl/α,β-unsaturated/α-hetero) is 4. The molecule has 0 aliphatic carbocycles. The molecule has 0 aliphatic heterocycles. The van der Waals surface area contributed by atoms with E-state index >= 15 is 0 Å². The van der Waals surface area contributed by atoms with Gasteiger partial charge in [-0.3, -0.25) is 28.8 Å². The zero-order valence-corrected chi connectivity index (χ0v) is 23.7. The summed E-state index contributed by atoms with van der Waals surface area (Å²) in [6.07, 6.45) is 1.75. The Kier molecular flexibility index (Phi) is 17.7. The van der Waals surface area contributed by atoms with Crippen molar-refractivity contribution < 1.29 is 33.6 Å². The highest BCUT2D eigenvalue weighted by atomic mass is 16.2. The van der Waals surface area contributed by atoms with Crippen LogP contribution in [0.1, 0.15) is 92.4 Å². The van der Waals surface area contributed by atoms with Gasteiger partial charge >= 0.3 is 0 Å². The van der Waals surface area contributed by atoms with Crippen LogP contribution in [0, 0.1) is 5.92 Å². The van der Waals surface area contributed by atoms with E-state index in [1.807, 2.05) is 0 Å². The Morgan fingerprint density at radius 2 is 1.00 bits per heavy atom. The summed E-state index contributed by atoms with van der Waals surface area (Å²) in [4.78, 5) is 83.2. The Bertz CT molecular complexity index is 843. The molecule has 11 heteroatoms. The van der Waals surface area contributed by atoms with Crippen molar-refractivity contribution in [1.29, 1.82) is 0 Å². The minimum Gasteiger partial charge on any atom is -0.356 e. The third-order valence-corrected chi connectivity index (χ3v) is 5.82. The van der Waals surface area contributed by atoms with Crippen molar-refractivity contribution in [2.75, 3.05) is 13.6 Å². The lowest BCUT2D eigenvalue weighted by Crippen LogP contribution is -2.43. The lowest BCUT2D eigenvalue weighted by atomic mass is 10.00. The topological polar surface area (TPSA) is 168 Å². The van der Waals surface area contributed by atoms with Gasteiger partial charge in [0.1, 0.15) is 23.1 Å². The molecule has 4 N–H and O–H groups in total. The maximum absolute atomic E-state index is 12.7. The first-order valence-corrected chi connectivity index (χ1v) is 13.2. The molecule has 0 rings (SSSR count). The summed E-state index contributed by atoms with van der Waals surface area (Å²) in [5.41, 5.74) is 0. The van der Waals surface area contributed by atoms with Gasteiger partial charge in [-0.05, 0) is 53.5 Å². The molecule has 3 amide bonds. The predicted molar refractivity (Wildman–Crippen MR) is 143 cm³/mol. The van der Waals surface area contributed by atoms with E-state index in [0.29, 0.717) is 19.4 Å². The molecule has 4 atom stereocenters. The highest BCUT2D eigenvalue weighted by Crippen LogP contribution is 2.10. The number of nitrogens with one attached hydrogen (secondary N) is 4. The van der Waals surface area contributed by atoms with Crippen LogP contribution in [-0.4, -0.2) is 72.6 Å². The molecule has 0 aliphatic rings. The summed E-state index contributed by atoms with van der Waals surface area (Å²) >= 11 is 0. The van der Waals surface area contributed by atoms with Crippen molar-refractivity contribution in [3.8, 4) is 0 Å². The van der Waals surface area contributed by atoms with Crippen LogP contribution in [0.4, 0.5) is 0 Å². The van der Waals surface area contributed by atoms with E-state index in [1.54, 1.807) is 14.0 Å². The molecule has 0 saturated carbocycles. The van der Waals surface area contributed by atoms with E-state index in [9.17, 15) is 33.6 Å². The second kappa shape index (κ2) is 19.2. The number of hydrogen-bond donors (Lipinski definition) is 4. The monoisotopic (exact) mass is 538 g/mol. The van der Waals surface area contributed by atoms with E-state index in [0.717, 1.165) is 0 Å². The second-order valence-electron chi connectivity index (χ2n) is 10.3. The quantitative estimate of drug-likeness (QED) is 0.158. The fourth-order valence-corrected chi connectivity index (χ4v) is 4.27. The van der Waals surface area contributed by atoms with Gasteiger partial charge in [-0.15, -0.1) is 0 Å². The van der Waals surface area contributed by atoms with E-state index in [-0.39, 0.29) is 91.9 Å². The predicted octanol–water partition coefficient (Wildman–Crippen LogP) is 1.16. The molecule has 0 radical (unpaired) electrons. The minimum absolute atomic E-state index is 0.00684. The largest absolute Gasteiger partial charge is 0.356 e. The molecule has 0 bridgehead atoms. The van der Waals surface area contributed by atoms with Crippen molar-refractivity contribution in [2.45, 2.75) is 111 Å². The fourth-order valence-electron chi connectivity index (χ4n) is 4.27. The first kappa shape index (κ1) is 35.0. The van der Waals surface area contributed by atoms with Crippen LogP contribution in [0.3, 0.4) is 0 Å². The normalized spacial score (nSPS) is 13.9. The molecular formula is C27H46N4O7. The summed E-state index contributed by atoms with van der Waals surface area (Å²) in [6.45, 7) is 7.86. The third-order valence-electron chi connectivity index (χ3n) is 5.82.